The van der Waals surface area contributed by atoms with Gasteiger partial charge >= 0.3 is 0 Å². The topological polar surface area (TPSA) is 153 Å². The van der Waals surface area contributed by atoms with E-state index in [1.807, 2.05) is 42.3 Å². The number of fused-ring (bicyclic) bond motifs is 6. The minimum Gasteiger partial charge on any atom is -0.378 e. The fourth-order valence-corrected chi connectivity index (χ4v) is 9.27. The molecule has 5 atom stereocenters. The average molecular weight is 785 g/mol. The Labute approximate surface area is 330 Å². The van der Waals surface area contributed by atoms with E-state index in [0.717, 1.165) is 35.2 Å². The summed E-state index contributed by atoms with van der Waals surface area (Å²) in [5.74, 6) is 1.65. The minimum absolute atomic E-state index is 0.0409. The number of aryl methyl sites for hydroxylation is 1. The summed E-state index contributed by atoms with van der Waals surface area (Å²) in [6.45, 7) is 3.77. The van der Waals surface area contributed by atoms with Gasteiger partial charge in [-0.05, 0) is 50.1 Å². The molecule has 5 aliphatic rings. The molecule has 7 aromatic rings. The number of amides is 1. The summed E-state index contributed by atoms with van der Waals surface area (Å²) in [5, 5.41) is 8.73. The van der Waals surface area contributed by atoms with Gasteiger partial charge in [-0.2, -0.15) is 15.1 Å². The molecule has 16 nitrogen and oxygen atoms in total. The first-order valence-corrected chi connectivity index (χ1v) is 19.3. The number of hydrogen-bond donors (Lipinski definition) is 1. The lowest BCUT2D eigenvalue weighted by atomic mass is 9.89. The standard InChI is InChI=1S/C40H38F2N14O2/c1-21-46-29-9-10-43-34-28-5-4-6-33(48-28)47-23-14-32(39(57)51(2)19-25(58-3)20-53(21)35(29)34)54(17-23)36-26-16-45-56(30-8-7-22(41)13-27(30)42)37(26)50-40(49-36)55-24-15-31(55)38-44-11-12-52(38)18-24/h4-13,16,23-25,31-32H,14-15,17-20H2,1-3H3,(H,47,48)/t23-,24-,25-,31+,32-/m0/s1. The zero-order chi connectivity index (χ0) is 39.4. The molecule has 58 heavy (non-hydrogen) atoms. The Kier molecular flexibility index (Phi) is 7.76. The molecule has 0 spiro atoms. The maximum atomic E-state index is 15.4. The number of nitrogens with one attached hydrogen (secondary N) is 1. The van der Waals surface area contributed by atoms with Gasteiger partial charge in [-0.25, -0.2) is 28.4 Å². The number of likely N-dealkylation sites (N-methyl/N-ethyl adjacent to an activating group) is 1. The van der Waals surface area contributed by atoms with E-state index in [4.69, 9.17) is 29.7 Å². The summed E-state index contributed by atoms with van der Waals surface area (Å²) in [6, 6.07) is 10.2. The lowest BCUT2D eigenvalue weighted by Gasteiger charge is -2.52. The van der Waals surface area contributed by atoms with Crippen LogP contribution in [0.3, 0.4) is 0 Å². The number of pyridine rings is 2. The van der Waals surface area contributed by atoms with Crippen LogP contribution in [-0.2, 0) is 22.6 Å². The molecule has 6 bridgehead atoms. The molecule has 6 aromatic heterocycles. The Bertz CT molecular complexity index is 2780. The largest absolute Gasteiger partial charge is 0.378 e. The van der Waals surface area contributed by atoms with Crippen molar-refractivity contribution in [1.82, 2.24) is 53.7 Å². The molecule has 0 unspecified atom stereocenters. The minimum atomic E-state index is -0.783. The molecule has 12 rings (SSSR count). The molecule has 1 amide bonds. The fourth-order valence-electron chi connectivity index (χ4n) is 9.27. The lowest BCUT2D eigenvalue weighted by Crippen LogP contribution is -2.57. The van der Waals surface area contributed by atoms with Crippen molar-refractivity contribution in [3.05, 3.63) is 90.5 Å². The first kappa shape index (κ1) is 34.7. The Morgan fingerprint density at radius 1 is 0.931 bits per heavy atom. The predicted octanol–water partition coefficient (Wildman–Crippen LogP) is 4.29. The number of halogens is 2. The van der Waals surface area contributed by atoms with Gasteiger partial charge in [0.25, 0.3) is 0 Å². The number of methoxy groups -OCH3 is 1. The number of rotatable bonds is 4. The van der Waals surface area contributed by atoms with Crippen LogP contribution in [0.2, 0.25) is 0 Å². The van der Waals surface area contributed by atoms with Crippen LogP contribution in [0.15, 0.2) is 67.3 Å². The zero-order valence-corrected chi connectivity index (χ0v) is 31.9. The molecule has 2 saturated heterocycles. The third-order valence-electron chi connectivity index (χ3n) is 12.1. The van der Waals surface area contributed by atoms with Crippen molar-refractivity contribution in [2.24, 2.45) is 0 Å². The van der Waals surface area contributed by atoms with Crippen LogP contribution in [0.1, 0.15) is 30.5 Å². The summed E-state index contributed by atoms with van der Waals surface area (Å²) < 4.78 is 41.2. The zero-order valence-electron chi connectivity index (χ0n) is 31.9. The lowest BCUT2D eigenvalue weighted by molar-refractivity contribution is -0.132. The van der Waals surface area contributed by atoms with E-state index in [-0.39, 0.29) is 35.8 Å². The van der Waals surface area contributed by atoms with Crippen molar-refractivity contribution in [3.8, 4) is 17.1 Å². The van der Waals surface area contributed by atoms with Crippen LogP contribution >= 0.6 is 0 Å². The molecule has 11 heterocycles. The molecule has 18 heteroatoms. The van der Waals surface area contributed by atoms with Gasteiger partial charge in [-0.15, -0.1) is 0 Å². The molecule has 1 aromatic carbocycles. The van der Waals surface area contributed by atoms with Crippen LogP contribution in [-0.4, -0.2) is 111 Å². The van der Waals surface area contributed by atoms with Crippen molar-refractivity contribution in [3.63, 3.8) is 0 Å². The van der Waals surface area contributed by atoms with Gasteiger partial charge in [0, 0.05) is 64.5 Å². The van der Waals surface area contributed by atoms with E-state index < -0.39 is 17.7 Å². The quantitative estimate of drug-likeness (QED) is 0.271. The van der Waals surface area contributed by atoms with E-state index in [1.54, 1.807) is 37.6 Å². The highest BCUT2D eigenvalue weighted by atomic mass is 19.1. The molecule has 0 aliphatic carbocycles. The Morgan fingerprint density at radius 3 is 2.69 bits per heavy atom. The second kappa shape index (κ2) is 13.0. The highest BCUT2D eigenvalue weighted by Gasteiger charge is 2.48. The Hall–Kier alpha value is -6.56. The number of carbonyl (C=O) groups excluding carboxylic acids is 1. The second-order valence-corrected chi connectivity index (χ2v) is 15.5. The number of hydrogen-bond acceptors (Lipinski definition) is 12. The molecule has 294 valence electrons. The average Bonchev–Trinajstić information content (AvgIpc) is 4.02. The van der Waals surface area contributed by atoms with Crippen molar-refractivity contribution >= 4 is 45.6 Å². The second-order valence-electron chi connectivity index (χ2n) is 15.5. The summed E-state index contributed by atoms with van der Waals surface area (Å²) in [5.41, 5.74) is 3.41. The summed E-state index contributed by atoms with van der Waals surface area (Å²) in [4.78, 5) is 50.3. The van der Waals surface area contributed by atoms with Crippen molar-refractivity contribution in [1.29, 1.82) is 0 Å². The van der Waals surface area contributed by atoms with Gasteiger partial charge < -0.3 is 33.9 Å². The van der Waals surface area contributed by atoms with Gasteiger partial charge in [0.1, 0.15) is 46.5 Å². The summed E-state index contributed by atoms with van der Waals surface area (Å²) >= 11 is 0. The monoisotopic (exact) mass is 784 g/mol. The molecule has 5 aliphatic heterocycles. The molecule has 0 saturated carbocycles. The van der Waals surface area contributed by atoms with Crippen molar-refractivity contribution < 1.29 is 18.3 Å². The van der Waals surface area contributed by atoms with Gasteiger partial charge in [0.2, 0.25) is 11.9 Å². The van der Waals surface area contributed by atoms with E-state index in [9.17, 15) is 9.18 Å². The normalized spacial score (nSPS) is 22.8. The predicted molar refractivity (Wildman–Crippen MR) is 210 cm³/mol. The fraction of sp³-hybridized carbons (Fsp3) is 0.350. The third-order valence-corrected chi connectivity index (χ3v) is 12.1. The van der Waals surface area contributed by atoms with E-state index >= 15 is 4.39 Å². The van der Waals surface area contributed by atoms with Crippen LogP contribution < -0.4 is 15.1 Å². The van der Waals surface area contributed by atoms with Gasteiger partial charge in [-0.3, -0.25) is 9.78 Å². The number of benzene rings is 1. The van der Waals surface area contributed by atoms with E-state index in [0.29, 0.717) is 72.6 Å². The first-order valence-electron chi connectivity index (χ1n) is 19.3. The highest BCUT2D eigenvalue weighted by molar-refractivity contribution is 5.94. The molecule has 2 fully saturated rings. The number of nitrogens with zero attached hydrogens (tertiary/aromatic N) is 13. The van der Waals surface area contributed by atoms with Crippen LogP contribution in [0.4, 0.5) is 26.4 Å². The van der Waals surface area contributed by atoms with E-state index in [2.05, 4.69) is 29.4 Å². The van der Waals surface area contributed by atoms with Gasteiger partial charge in [0.05, 0.1) is 53.0 Å². The summed E-state index contributed by atoms with van der Waals surface area (Å²) in [7, 11) is 3.44. The smallest absolute Gasteiger partial charge is 0.245 e. The SMILES string of the molecule is CO[C@H]1CN(C)C(=O)[C@@H]2C[C@@H](CN2c2nc(N3[C@H]4C[C@@H]3c3nccn3C4)nc3c2cnn3-c2ccc(F)cc2F)Nc2cccc(n2)-c2nccc3nc(C)n(c23)C1. The number of carbonyl (C=O) groups is 1. The van der Waals surface area contributed by atoms with Crippen LogP contribution in [0.5, 0.6) is 0 Å². The van der Waals surface area contributed by atoms with Crippen molar-refractivity contribution in [2.75, 3.05) is 42.4 Å². The maximum absolute atomic E-state index is 15.4. The number of ether oxygens (including phenoxy) is 1. The maximum Gasteiger partial charge on any atom is 0.245 e. The van der Waals surface area contributed by atoms with Crippen LogP contribution in [0.25, 0.3) is 39.1 Å². The highest BCUT2D eigenvalue weighted by Crippen LogP contribution is 2.46. The third kappa shape index (κ3) is 5.34. The number of aromatic nitrogens is 10. The molecule has 0 radical (unpaired) electrons. The Balaban J connectivity index is 1.05. The number of anilines is 3. The van der Waals surface area contributed by atoms with Gasteiger partial charge in [0.15, 0.2) is 11.5 Å². The van der Waals surface area contributed by atoms with Crippen molar-refractivity contribution in [2.45, 2.75) is 63.1 Å². The van der Waals surface area contributed by atoms with Crippen LogP contribution in [0, 0.1) is 18.6 Å². The Morgan fingerprint density at radius 2 is 1.83 bits per heavy atom. The summed E-state index contributed by atoms with van der Waals surface area (Å²) in [6.07, 6.45) is 8.04. The first-order chi connectivity index (χ1) is 28.2. The van der Waals surface area contributed by atoms with Gasteiger partial charge in [-0.1, -0.05) is 6.07 Å². The molecular weight excluding hydrogens is 747 g/mol. The molecular formula is C40H38F2N14O2. The number of imidazole rings is 2. The van der Waals surface area contributed by atoms with E-state index in [1.165, 1.54) is 16.8 Å². The molecule has 1 N–H and O–H groups in total.